The third-order valence-electron chi connectivity index (χ3n) is 0.358. The molecule has 0 aromatic carbocycles. The van der Waals surface area contributed by atoms with Crippen LogP contribution in [0.15, 0.2) is 0 Å². The maximum Gasteiger partial charge on any atom is 0.162 e. The van der Waals surface area contributed by atoms with E-state index in [0.717, 1.165) is 0 Å². The van der Waals surface area contributed by atoms with Crippen molar-refractivity contribution in [2.45, 2.75) is 0 Å². The van der Waals surface area contributed by atoms with Crippen LogP contribution in [0, 0.1) is 0 Å². The molecule has 0 aliphatic heterocycles. The number of rotatable bonds is 1. The van der Waals surface area contributed by atoms with Gasteiger partial charge in [-0.05, 0) is 14.1 Å². The molecule has 0 rings (SSSR count). The van der Waals surface area contributed by atoms with Crippen molar-refractivity contribution in [3.05, 3.63) is 0 Å². The average molecular weight is 125 g/mol. The Balaban J connectivity index is 2.99. The second-order valence-corrected chi connectivity index (χ2v) is 3.53. The highest BCUT2D eigenvalue weighted by Crippen LogP contribution is 2.36. The summed E-state index contributed by atoms with van der Waals surface area (Å²) in [5.74, 6) is 0. The van der Waals surface area contributed by atoms with Crippen molar-refractivity contribution in [1.29, 1.82) is 0 Å². The quantitative estimate of drug-likeness (QED) is 0.398. The van der Waals surface area contributed by atoms with Gasteiger partial charge in [0.05, 0.1) is 0 Å². The first kappa shape index (κ1) is 6.70. The fraction of sp³-hybridized carbons (Fsp3) is 1.00. The minimum Gasteiger partial charge on any atom is -0.351 e. The van der Waals surface area contributed by atoms with Crippen molar-refractivity contribution in [3.63, 3.8) is 0 Å². The number of thiol groups is 1. The highest BCUT2D eigenvalue weighted by atomic mass is 32.7. The maximum atomic E-state index is 8.48. The summed E-state index contributed by atoms with van der Waals surface area (Å²) in [4.78, 5) is 8.48. The molecule has 0 fully saturated rings. The highest BCUT2D eigenvalue weighted by molar-refractivity contribution is 8.42. The summed E-state index contributed by atoms with van der Waals surface area (Å²) in [6.45, 7) is 0. The van der Waals surface area contributed by atoms with Gasteiger partial charge in [0.25, 0.3) is 0 Å². The number of nitrogens with zero attached hydrogens (tertiary/aromatic N) is 1. The Morgan fingerprint density at radius 2 is 1.83 bits per heavy atom. The van der Waals surface area contributed by atoms with Crippen LogP contribution in [-0.2, 0) is 0 Å². The molecular formula is C2H8NOPS. The van der Waals surface area contributed by atoms with Crippen LogP contribution in [0.5, 0.6) is 0 Å². The van der Waals surface area contributed by atoms with Crippen molar-refractivity contribution < 1.29 is 4.89 Å². The second kappa shape index (κ2) is 2.80. The molecule has 1 N–H and O–H groups in total. The fourth-order valence-electron chi connectivity index (χ4n) is 0. The topological polar surface area (TPSA) is 23.5 Å². The SMILES string of the molecule is CN(C)P(O)S. The van der Waals surface area contributed by atoms with E-state index in [9.17, 15) is 0 Å². The van der Waals surface area contributed by atoms with Gasteiger partial charge in [0.1, 0.15) is 0 Å². The molecule has 0 saturated carbocycles. The van der Waals surface area contributed by atoms with E-state index in [4.69, 9.17) is 4.89 Å². The molecule has 0 aliphatic rings. The van der Waals surface area contributed by atoms with Crippen molar-refractivity contribution in [2.75, 3.05) is 14.1 Å². The van der Waals surface area contributed by atoms with Crippen LogP contribution >= 0.6 is 19.7 Å². The summed E-state index contributed by atoms with van der Waals surface area (Å²) in [5.41, 5.74) is 0. The van der Waals surface area contributed by atoms with E-state index in [1.165, 1.54) is 0 Å². The second-order valence-electron chi connectivity index (χ2n) is 1.12. The Kier molecular flexibility index (Phi) is 3.13. The molecule has 0 spiro atoms. The van der Waals surface area contributed by atoms with Gasteiger partial charge in [0.2, 0.25) is 0 Å². The van der Waals surface area contributed by atoms with E-state index in [0.29, 0.717) is 0 Å². The molecular weight excluding hydrogens is 117 g/mol. The first-order chi connectivity index (χ1) is 2.64. The normalized spacial score (nSPS) is 15.5. The van der Waals surface area contributed by atoms with Gasteiger partial charge in [-0.25, -0.2) is 0 Å². The molecule has 0 aromatic rings. The summed E-state index contributed by atoms with van der Waals surface area (Å²) in [7, 11) is 2.42. The Hall–Kier alpha value is 0.700. The van der Waals surface area contributed by atoms with Gasteiger partial charge >= 0.3 is 0 Å². The molecule has 0 aromatic heterocycles. The molecule has 1 unspecified atom stereocenters. The number of hydrogen-bond donors (Lipinski definition) is 2. The minimum atomic E-state index is -1.13. The summed E-state index contributed by atoms with van der Waals surface area (Å²) < 4.78 is 1.65. The van der Waals surface area contributed by atoms with Crippen molar-refractivity contribution in [3.8, 4) is 0 Å². The van der Waals surface area contributed by atoms with Gasteiger partial charge in [0.15, 0.2) is 7.50 Å². The van der Waals surface area contributed by atoms with Crippen molar-refractivity contribution in [2.24, 2.45) is 0 Å². The van der Waals surface area contributed by atoms with Crippen LogP contribution < -0.4 is 0 Å². The molecule has 1 atom stereocenters. The van der Waals surface area contributed by atoms with E-state index >= 15 is 0 Å². The van der Waals surface area contributed by atoms with Crippen molar-refractivity contribution in [1.82, 2.24) is 4.67 Å². The lowest BCUT2D eigenvalue weighted by molar-refractivity contribution is 0.548. The zero-order valence-corrected chi connectivity index (χ0v) is 5.58. The monoisotopic (exact) mass is 125 g/mol. The van der Waals surface area contributed by atoms with Crippen molar-refractivity contribution >= 4 is 19.7 Å². The van der Waals surface area contributed by atoms with Crippen LogP contribution in [0.1, 0.15) is 0 Å². The lowest BCUT2D eigenvalue weighted by Crippen LogP contribution is -1.98. The van der Waals surface area contributed by atoms with Gasteiger partial charge < -0.3 is 4.89 Å². The van der Waals surface area contributed by atoms with E-state index in [-0.39, 0.29) is 0 Å². The van der Waals surface area contributed by atoms with E-state index in [2.05, 4.69) is 12.2 Å². The zero-order chi connectivity index (χ0) is 5.15. The van der Waals surface area contributed by atoms with Gasteiger partial charge in [-0.1, -0.05) is 0 Å². The molecule has 6 heavy (non-hydrogen) atoms. The Labute approximate surface area is 44.2 Å². The Bertz CT molecular complexity index is 34.5. The molecule has 0 amide bonds. The smallest absolute Gasteiger partial charge is 0.162 e. The van der Waals surface area contributed by atoms with Crippen LogP contribution in [0.25, 0.3) is 0 Å². The standard InChI is InChI=1S/C2H8NOPS/c1-3(2)5(4)6/h4,6H,1-2H3. The van der Waals surface area contributed by atoms with Crippen LogP contribution in [0.3, 0.4) is 0 Å². The van der Waals surface area contributed by atoms with Gasteiger partial charge in [0, 0.05) is 0 Å². The van der Waals surface area contributed by atoms with Crippen LogP contribution in [-0.4, -0.2) is 23.7 Å². The van der Waals surface area contributed by atoms with Crippen LogP contribution in [0.4, 0.5) is 0 Å². The lowest BCUT2D eigenvalue weighted by atomic mass is 11.3. The fourth-order valence-corrected chi connectivity index (χ4v) is 0. The Morgan fingerprint density at radius 1 is 1.67 bits per heavy atom. The van der Waals surface area contributed by atoms with Gasteiger partial charge in [-0.2, -0.15) is 0 Å². The molecule has 0 radical (unpaired) electrons. The number of hydrogen-bond acceptors (Lipinski definition) is 3. The summed E-state index contributed by atoms with van der Waals surface area (Å²) >= 11 is 3.74. The third kappa shape index (κ3) is 2.91. The highest BCUT2D eigenvalue weighted by Gasteiger charge is 1.94. The average Bonchev–Trinajstić information content (AvgIpc) is 1.36. The molecule has 0 aliphatic carbocycles. The molecule has 0 heterocycles. The molecule has 2 nitrogen and oxygen atoms in total. The maximum absolute atomic E-state index is 8.48. The largest absolute Gasteiger partial charge is 0.351 e. The summed E-state index contributed by atoms with van der Waals surface area (Å²) in [5, 5.41) is 0. The third-order valence-corrected chi connectivity index (χ3v) is 2.15. The predicted molar refractivity (Wildman–Crippen MR) is 31.8 cm³/mol. The van der Waals surface area contributed by atoms with E-state index in [1.807, 2.05) is 0 Å². The first-order valence-electron chi connectivity index (χ1n) is 1.49. The predicted octanol–water partition coefficient (Wildman–Crippen LogP) is 0.697. The molecule has 0 saturated heterocycles. The zero-order valence-electron chi connectivity index (χ0n) is 3.79. The lowest BCUT2D eigenvalue weighted by Gasteiger charge is -2.08. The minimum absolute atomic E-state index is 1.13. The molecule has 0 bridgehead atoms. The summed E-state index contributed by atoms with van der Waals surface area (Å²) in [6.07, 6.45) is 0. The first-order valence-corrected chi connectivity index (χ1v) is 3.89. The van der Waals surface area contributed by atoms with Gasteiger partial charge in [-0.3, -0.25) is 4.67 Å². The molecule has 38 valence electrons. The van der Waals surface area contributed by atoms with E-state index in [1.54, 1.807) is 18.8 Å². The molecule has 4 heteroatoms. The van der Waals surface area contributed by atoms with Gasteiger partial charge in [-0.15, -0.1) is 12.2 Å². The van der Waals surface area contributed by atoms with E-state index < -0.39 is 7.50 Å². The van der Waals surface area contributed by atoms with Crippen LogP contribution in [0.2, 0.25) is 0 Å². The summed E-state index contributed by atoms with van der Waals surface area (Å²) in [6, 6.07) is 0. The Morgan fingerprint density at radius 3 is 1.83 bits per heavy atom.